The third kappa shape index (κ3) is 10.4. The van der Waals surface area contributed by atoms with Crippen LogP contribution in [0.3, 0.4) is 0 Å². The zero-order valence-electron chi connectivity index (χ0n) is 11.7. The lowest BCUT2D eigenvalue weighted by molar-refractivity contribution is -0.118. The van der Waals surface area contributed by atoms with E-state index in [0.29, 0.717) is 12.3 Å². The van der Waals surface area contributed by atoms with Gasteiger partial charge >= 0.3 is 0 Å². The number of carbonyl (C=O) groups excluding carboxylic acids is 1. The van der Waals surface area contributed by atoms with Gasteiger partial charge in [-0.05, 0) is 32.4 Å². The van der Waals surface area contributed by atoms with Gasteiger partial charge in [0.1, 0.15) is 0 Å². The van der Waals surface area contributed by atoms with Crippen molar-refractivity contribution in [1.82, 2.24) is 5.32 Å². The van der Waals surface area contributed by atoms with Gasteiger partial charge in [-0.1, -0.05) is 30.2 Å². The molecular formula is C14H25NO2S. The van der Waals surface area contributed by atoms with E-state index < -0.39 is 0 Å². The molecular weight excluding hydrogens is 246 g/mol. The van der Waals surface area contributed by atoms with E-state index in [4.69, 9.17) is 5.11 Å². The Morgan fingerprint density at radius 2 is 1.94 bits per heavy atom. The molecule has 3 nitrogen and oxygen atoms in total. The van der Waals surface area contributed by atoms with Gasteiger partial charge in [-0.25, -0.2) is 0 Å². The van der Waals surface area contributed by atoms with E-state index in [1.165, 1.54) is 5.57 Å². The summed E-state index contributed by atoms with van der Waals surface area (Å²) in [5.41, 5.74) is 2.48. The van der Waals surface area contributed by atoms with E-state index >= 15 is 0 Å². The molecule has 104 valence electrons. The molecule has 0 aliphatic rings. The normalized spacial score (nSPS) is 12.7. The van der Waals surface area contributed by atoms with E-state index in [-0.39, 0.29) is 12.5 Å². The zero-order valence-corrected chi connectivity index (χ0v) is 12.5. The summed E-state index contributed by atoms with van der Waals surface area (Å²) < 4.78 is 0. The van der Waals surface area contributed by atoms with Crippen LogP contribution in [0.15, 0.2) is 23.3 Å². The molecule has 0 unspecified atom stereocenters. The van der Waals surface area contributed by atoms with Crippen LogP contribution in [0.25, 0.3) is 0 Å². The minimum atomic E-state index is 0.0573. The molecule has 0 aliphatic carbocycles. The fraction of sp³-hybridized carbons (Fsp3) is 0.643. The number of nitrogens with one attached hydrogen (secondary N) is 1. The maximum atomic E-state index is 11.5. The summed E-state index contributed by atoms with van der Waals surface area (Å²) in [5.74, 6) is 1.36. The largest absolute Gasteiger partial charge is 0.396 e. The smallest absolute Gasteiger partial charge is 0.230 e. The Balaban J connectivity index is 3.77. The molecule has 0 aromatic carbocycles. The fourth-order valence-corrected chi connectivity index (χ4v) is 1.85. The van der Waals surface area contributed by atoms with Crippen molar-refractivity contribution in [3.05, 3.63) is 23.3 Å². The number of rotatable bonds is 9. The van der Waals surface area contributed by atoms with Crippen LogP contribution in [-0.2, 0) is 4.79 Å². The number of aliphatic hydroxyl groups is 1. The average Bonchev–Trinajstić information content (AvgIpc) is 2.38. The molecule has 0 aliphatic heterocycles. The van der Waals surface area contributed by atoms with Crippen LogP contribution in [0.4, 0.5) is 0 Å². The predicted octanol–water partition coefficient (Wildman–Crippen LogP) is 2.52. The number of amides is 1. The number of hydrogen-bond donors (Lipinski definition) is 2. The SMILES string of the molecule is CC/C(C)=C/C=C(\C)CNC(=O)CSCCCO. The van der Waals surface area contributed by atoms with E-state index in [1.807, 2.05) is 6.92 Å². The van der Waals surface area contributed by atoms with Crippen molar-refractivity contribution < 1.29 is 9.90 Å². The second-order valence-electron chi connectivity index (χ2n) is 4.29. The van der Waals surface area contributed by atoms with Crippen LogP contribution in [0, 0.1) is 0 Å². The standard InChI is InChI=1S/C14H25NO2S/c1-4-12(2)6-7-13(3)10-15-14(17)11-18-9-5-8-16/h6-7,16H,4-5,8-11H2,1-3H3,(H,15,17)/b12-6+,13-7+. The van der Waals surface area contributed by atoms with Crippen molar-refractivity contribution in [2.24, 2.45) is 0 Å². The lowest BCUT2D eigenvalue weighted by atomic mass is 10.2. The minimum Gasteiger partial charge on any atom is -0.396 e. The van der Waals surface area contributed by atoms with Crippen LogP contribution in [-0.4, -0.2) is 35.7 Å². The molecule has 0 saturated heterocycles. The van der Waals surface area contributed by atoms with Gasteiger partial charge in [-0.3, -0.25) is 4.79 Å². The van der Waals surface area contributed by atoms with Crippen molar-refractivity contribution >= 4 is 17.7 Å². The van der Waals surface area contributed by atoms with Crippen molar-refractivity contribution in [3.8, 4) is 0 Å². The van der Waals surface area contributed by atoms with Gasteiger partial charge in [0.05, 0.1) is 5.75 Å². The second kappa shape index (κ2) is 11.4. The number of allylic oxidation sites excluding steroid dienone is 3. The van der Waals surface area contributed by atoms with Gasteiger partial charge in [0.2, 0.25) is 5.91 Å². The average molecular weight is 271 g/mol. The van der Waals surface area contributed by atoms with Gasteiger partial charge in [-0.15, -0.1) is 0 Å². The molecule has 4 heteroatoms. The molecule has 0 saturated carbocycles. The Hall–Kier alpha value is -0.740. The van der Waals surface area contributed by atoms with E-state index in [2.05, 4.69) is 31.3 Å². The Kier molecular flexibility index (Phi) is 10.9. The summed E-state index contributed by atoms with van der Waals surface area (Å²) >= 11 is 1.56. The third-order valence-corrected chi connectivity index (χ3v) is 3.50. The maximum Gasteiger partial charge on any atom is 0.230 e. The number of aliphatic hydroxyl groups excluding tert-OH is 1. The van der Waals surface area contributed by atoms with Crippen molar-refractivity contribution in [2.45, 2.75) is 33.6 Å². The Morgan fingerprint density at radius 3 is 2.56 bits per heavy atom. The van der Waals surface area contributed by atoms with E-state index in [1.54, 1.807) is 11.8 Å². The Morgan fingerprint density at radius 1 is 1.28 bits per heavy atom. The first-order valence-electron chi connectivity index (χ1n) is 6.38. The highest BCUT2D eigenvalue weighted by atomic mass is 32.2. The third-order valence-electron chi connectivity index (χ3n) is 2.45. The number of hydrogen-bond acceptors (Lipinski definition) is 3. The minimum absolute atomic E-state index is 0.0573. The fourth-order valence-electron chi connectivity index (χ4n) is 1.08. The quantitative estimate of drug-likeness (QED) is 0.500. The summed E-state index contributed by atoms with van der Waals surface area (Å²) in [6, 6.07) is 0. The highest BCUT2D eigenvalue weighted by Gasteiger charge is 2.00. The Labute approximate surface area is 115 Å². The first-order chi connectivity index (χ1) is 8.60. The van der Waals surface area contributed by atoms with Gasteiger partial charge in [0.15, 0.2) is 0 Å². The maximum absolute atomic E-state index is 11.5. The lowest BCUT2D eigenvalue weighted by Crippen LogP contribution is -2.26. The molecule has 0 spiro atoms. The van der Waals surface area contributed by atoms with Gasteiger partial charge in [0.25, 0.3) is 0 Å². The van der Waals surface area contributed by atoms with Gasteiger partial charge in [-0.2, -0.15) is 11.8 Å². The molecule has 0 bridgehead atoms. The highest BCUT2D eigenvalue weighted by molar-refractivity contribution is 7.99. The highest BCUT2D eigenvalue weighted by Crippen LogP contribution is 2.02. The van der Waals surface area contributed by atoms with Gasteiger partial charge < -0.3 is 10.4 Å². The lowest BCUT2D eigenvalue weighted by Gasteiger charge is -2.05. The molecule has 2 N–H and O–H groups in total. The van der Waals surface area contributed by atoms with Crippen LogP contribution in [0.2, 0.25) is 0 Å². The molecule has 0 heterocycles. The van der Waals surface area contributed by atoms with Crippen LogP contribution in [0.1, 0.15) is 33.6 Å². The first-order valence-corrected chi connectivity index (χ1v) is 7.53. The molecule has 1 amide bonds. The number of carbonyl (C=O) groups is 1. The van der Waals surface area contributed by atoms with Crippen molar-refractivity contribution in [3.63, 3.8) is 0 Å². The number of thioether (sulfide) groups is 1. The molecule has 0 aromatic heterocycles. The Bertz CT molecular complexity index is 298. The van der Waals surface area contributed by atoms with Crippen molar-refractivity contribution in [1.29, 1.82) is 0 Å². The topological polar surface area (TPSA) is 49.3 Å². The molecule has 0 aromatic rings. The van der Waals surface area contributed by atoms with Crippen LogP contribution < -0.4 is 5.32 Å². The first kappa shape index (κ1) is 17.3. The summed E-state index contributed by atoms with van der Waals surface area (Å²) in [4.78, 5) is 11.5. The van der Waals surface area contributed by atoms with Crippen molar-refractivity contribution in [2.75, 3.05) is 24.7 Å². The monoisotopic (exact) mass is 271 g/mol. The van der Waals surface area contributed by atoms with E-state index in [0.717, 1.165) is 24.2 Å². The van der Waals surface area contributed by atoms with Gasteiger partial charge in [0, 0.05) is 13.2 Å². The molecule has 18 heavy (non-hydrogen) atoms. The molecule has 0 atom stereocenters. The summed E-state index contributed by atoms with van der Waals surface area (Å²) in [5, 5.41) is 11.5. The predicted molar refractivity (Wildman–Crippen MR) is 79.8 cm³/mol. The zero-order chi connectivity index (χ0) is 13.8. The van der Waals surface area contributed by atoms with Crippen LogP contribution >= 0.6 is 11.8 Å². The van der Waals surface area contributed by atoms with E-state index in [9.17, 15) is 4.79 Å². The molecule has 0 fully saturated rings. The summed E-state index contributed by atoms with van der Waals surface area (Å²) in [6.45, 7) is 7.03. The van der Waals surface area contributed by atoms with Crippen LogP contribution in [0.5, 0.6) is 0 Å². The molecule has 0 radical (unpaired) electrons. The second-order valence-corrected chi connectivity index (χ2v) is 5.39. The summed E-state index contributed by atoms with van der Waals surface area (Å²) in [6.07, 6.45) is 5.95. The summed E-state index contributed by atoms with van der Waals surface area (Å²) in [7, 11) is 0. The molecule has 0 rings (SSSR count).